The third kappa shape index (κ3) is 6.73. The molecule has 0 radical (unpaired) electrons. The van der Waals surface area contributed by atoms with Crippen LogP contribution in [0, 0.1) is 5.92 Å². The molecule has 1 amide bonds. The molecule has 3 nitrogen and oxygen atoms in total. The predicted octanol–water partition coefficient (Wildman–Crippen LogP) is 1.82. The standard InChI is InChI=1S/C10H17F3N2O.ClH/c1-15(7-10(11,12)13)9(16)6-8-2-4-14-5-3-8;/h8,14H,2-7H2,1H3;1H. The van der Waals surface area contributed by atoms with Crippen LogP contribution >= 0.6 is 12.4 Å². The Morgan fingerprint density at radius 1 is 1.35 bits per heavy atom. The molecule has 1 N–H and O–H groups in total. The first-order valence-corrected chi connectivity index (χ1v) is 5.40. The van der Waals surface area contributed by atoms with Crippen molar-refractivity contribution in [3.05, 3.63) is 0 Å². The average molecular weight is 275 g/mol. The number of nitrogens with zero attached hydrogens (tertiary/aromatic N) is 1. The molecule has 0 unspecified atom stereocenters. The Kier molecular flexibility index (Phi) is 6.85. The summed E-state index contributed by atoms with van der Waals surface area (Å²) in [5, 5.41) is 3.15. The van der Waals surface area contributed by atoms with Gasteiger partial charge in [-0.2, -0.15) is 13.2 Å². The summed E-state index contributed by atoms with van der Waals surface area (Å²) < 4.78 is 36.1. The lowest BCUT2D eigenvalue weighted by Crippen LogP contribution is -2.38. The number of halogens is 4. The van der Waals surface area contributed by atoms with Crippen LogP contribution in [0.25, 0.3) is 0 Å². The minimum atomic E-state index is -4.31. The van der Waals surface area contributed by atoms with E-state index < -0.39 is 18.6 Å². The summed E-state index contributed by atoms with van der Waals surface area (Å²) in [5.74, 6) is -0.186. The highest BCUT2D eigenvalue weighted by atomic mass is 35.5. The summed E-state index contributed by atoms with van der Waals surface area (Å²) in [6, 6.07) is 0. The van der Waals surface area contributed by atoms with E-state index in [1.807, 2.05) is 0 Å². The normalized spacial score (nSPS) is 17.4. The van der Waals surface area contributed by atoms with Gasteiger partial charge in [0.2, 0.25) is 5.91 Å². The molecule has 0 aromatic carbocycles. The summed E-state index contributed by atoms with van der Waals surface area (Å²) in [5.41, 5.74) is 0. The van der Waals surface area contributed by atoms with Crippen LogP contribution in [0.15, 0.2) is 0 Å². The van der Waals surface area contributed by atoms with Crippen LogP contribution in [0.2, 0.25) is 0 Å². The molecule has 17 heavy (non-hydrogen) atoms. The van der Waals surface area contributed by atoms with E-state index in [1.165, 1.54) is 7.05 Å². The highest BCUT2D eigenvalue weighted by molar-refractivity contribution is 5.85. The van der Waals surface area contributed by atoms with E-state index in [1.54, 1.807) is 0 Å². The zero-order chi connectivity index (χ0) is 12.2. The SMILES string of the molecule is CN(CC(F)(F)F)C(=O)CC1CCNCC1.Cl. The van der Waals surface area contributed by atoms with Gasteiger partial charge in [-0.15, -0.1) is 12.4 Å². The van der Waals surface area contributed by atoms with Crippen molar-refractivity contribution in [2.24, 2.45) is 5.92 Å². The number of amides is 1. The predicted molar refractivity (Wildman–Crippen MR) is 61.2 cm³/mol. The van der Waals surface area contributed by atoms with Crippen LogP contribution in [0.4, 0.5) is 13.2 Å². The number of carbonyl (C=O) groups excluding carboxylic acids is 1. The molecule has 0 aliphatic carbocycles. The maximum absolute atomic E-state index is 12.0. The van der Waals surface area contributed by atoms with Crippen molar-refractivity contribution in [3.63, 3.8) is 0 Å². The molecule has 0 saturated carbocycles. The van der Waals surface area contributed by atoms with Crippen molar-refractivity contribution in [2.75, 3.05) is 26.7 Å². The summed E-state index contributed by atoms with van der Waals surface area (Å²) in [7, 11) is 1.21. The Bertz CT molecular complexity index is 242. The van der Waals surface area contributed by atoms with Crippen molar-refractivity contribution in [2.45, 2.75) is 25.4 Å². The number of piperidine rings is 1. The van der Waals surface area contributed by atoms with Gasteiger partial charge in [0.05, 0.1) is 0 Å². The molecule has 1 aliphatic rings. The second-order valence-electron chi connectivity index (χ2n) is 4.26. The monoisotopic (exact) mass is 274 g/mol. The van der Waals surface area contributed by atoms with Crippen molar-refractivity contribution in [1.82, 2.24) is 10.2 Å². The molecule has 1 saturated heterocycles. The van der Waals surface area contributed by atoms with Crippen LogP contribution in [0.5, 0.6) is 0 Å². The quantitative estimate of drug-likeness (QED) is 0.851. The third-order valence-corrected chi connectivity index (χ3v) is 2.76. The number of carbonyl (C=O) groups is 1. The van der Waals surface area contributed by atoms with Gasteiger partial charge < -0.3 is 10.2 Å². The van der Waals surface area contributed by atoms with Crippen LogP contribution in [-0.2, 0) is 4.79 Å². The Hall–Kier alpha value is -0.490. The fourth-order valence-electron chi connectivity index (χ4n) is 1.85. The molecule has 0 aromatic heterocycles. The van der Waals surface area contributed by atoms with Crippen molar-refractivity contribution in [1.29, 1.82) is 0 Å². The van der Waals surface area contributed by atoms with E-state index in [4.69, 9.17) is 0 Å². The van der Waals surface area contributed by atoms with Crippen LogP contribution in [0.1, 0.15) is 19.3 Å². The lowest BCUT2D eigenvalue weighted by molar-refractivity contribution is -0.159. The second-order valence-corrected chi connectivity index (χ2v) is 4.26. The van der Waals surface area contributed by atoms with Gasteiger partial charge in [0, 0.05) is 13.5 Å². The van der Waals surface area contributed by atoms with Gasteiger partial charge in [0.25, 0.3) is 0 Å². The van der Waals surface area contributed by atoms with E-state index in [2.05, 4.69) is 5.32 Å². The molecule has 0 bridgehead atoms. The maximum Gasteiger partial charge on any atom is 0.406 e. The van der Waals surface area contributed by atoms with Gasteiger partial charge in [-0.1, -0.05) is 0 Å². The highest BCUT2D eigenvalue weighted by Gasteiger charge is 2.31. The maximum atomic E-state index is 12.0. The molecule has 1 aliphatic heterocycles. The van der Waals surface area contributed by atoms with E-state index in [0.717, 1.165) is 30.8 Å². The van der Waals surface area contributed by atoms with E-state index >= 15 is 0 Å². The zero-order valence-corrected chi connectivity index (χ0v) is 10.5. The van der Waals surface area contributed by atoms with Crippen molar-refractivity contribution >= 4 is 18.3 Å². The zero-order valence-electron chi connectivity index (χ0n) is 9.72. The first-order valence-electron chi connectivity index (χ1n) is 5.40. The van der Waals surface area contributed by atoms with Crippen LogP contribution in [0.3, 0.4) is 0 Å². The van der Waals surface area contributed by atoms with Crippen LogP contribution < -0.4 is 5.32 Å². The summed E-state index contributed by atoms with van der Waals surface area (Å²) in [6.45, 7) is 0.540. The van der Waals surface area contributed by atoms with Gasteiger partial charge in [0.1, 0.15) is 6.54 Å². The van der Waals surface area contributed by atoms with Gasteiger partial charge in [-0.3, -0.25) is 4.79 Å². The number of hydrogen-bond acceptors (Lipinski definition) is 2. The van der Waals surface area contributed by atoms with Gasteiger partial charge >= 0.3 is 6.18 Å². The van der Waals surface area contributed by atoms with Crippen molar-refractivity contribution < 1.29 is 18.0 Å². The Balaban J connectivity index is 0.00000256. The Morgan fingerprint density at radius 3 is 2.35 bits per heavy atom. The molecule has 1 heterocycles. The Labute approximate surface area is 105 Å². The average Bonchev–Trinajstić information content (AvgIpc) is 2.16. The highest BCUT2D eigenvalue weighted by Crippen LogP contribution is 2.19. The first kappa shape index (κ1) is 16.5. The lowest BCUT2D eigenvalue weighted by Gasteiger charge is -2.25. The van der Waals surface area contributed by atoms with Gasteiger partial charge in [0.15, 0.2) is 0 Å². The van der Waals surface area contributed by atoms with Crippen molar-refractivity contribution in [3.8, 4) is 0 Å². The molecule has 1 fully saturated rings. The molecular formula is C10H18ClF3N2O. The van der Waals surface area contributed by atoms with E-state index in [0.29, 0.717) is 0 Å². The molecule has 0 atom stereocenters. The molecule has 1 rings (SSSR count). The molecule has 7 heteroatoms. The van der Waals surface area contributed by atoms with Gasteiger partial charge in [-0.25, -0.2) is 0 Å². The fourth-order valence-corrected chi connectivity index (χ4v) is 1.85. The summed E-state index contributed by atoms with van der Waals surface area (Å²) in [4.78, 5) is 12.3. The number of alkyl halides is 3. The minimum Gasteiger partial charge on any atom is -0.337 e. The van der Waals surface area contributed by atoms with E-state index in [9.17, 15) is 18.0 Å². The minimum absolute atomic E-state index is 0. The first-order chi connectivity index (χ1) is 7.38. The number of nitrogens with one attached hydrogen (secondary N) is 1. The molecule has 102 valence electrons. The third-order valence-electron chi connectivity index (χ3n) is 2.76. The fraction of sp³-hybridized carbons (Fsp3) is 0.900. The lowest BCUT2D eigenvalue weighted by atomic mass is 9.94. The molecular weight excluding hydrogens is 257 g/mol. The summed E-state index contributed by atoms with van der Waals surface area (Å²) in [6.07, 6.45) is -2.34. The summed E-state index contributed by atoms with van der Waals surface area (Å²) >= 11 is 0. The number of rotatable bonds is 3. The molecule has 0 aromatic rings. The van der Waals surface area contributed by atoms with E-state index in [-0.39, 0.29) is 24.7 Å². The van der Waals surface area contributed by atoms with Gasteiger partial charge in [-0.05, 0) is 31.8 Å². The largest absolute Gasteiger partial charge is 0.406 e. The van der Waals surface area contributed by atoms with Crippen LogP contribution in [-0.4, -0.2) is 43.7 Å². The topological polar surface area (TPSA) is 32.3 Å². The second kappa shape index (κ2) is 7.06. The Morgan fingerprint density at radius 2 is 1.88 bits per heavy atom. The molecule has 0 spiro atoms. The smallest absolute Gasteiger partial charge is 0.337 e. The number of hydrogen-bond donors (Lipinski definition) is 1.